The lowest BCUT2D eigenvalue weighted by Gasteiger charge is -2.08. The molecule has 1 amide bonds. The van der Waals surface area contributed by atoms with Crippen molar-refractivity contribution < 1.29 is 9.59 Å². The van der Waals surface area contributed by atoms with Crippen molar-refractivity contribution in [3.05, 3.63) is 41.9 Å². The van der Waals surface area contributed by atoms with E-state index < -0.39 is 16.7 Å². The van der Waals surface area contributed by atoms with E-state index in [0.29, 0.717) is 53.3 Å². The van der Waals surface area contributed by atoms with Gasteiger partial charge in [-0.05, 0) is 102 Å². The van der Waals surface area contributed by atoms with Crippen LogP contribution in [0.25, 0.3) is 0 Å². The number of amidine groups is 1. The molecule has 17 nitrogen and oxygen atoms in total. The molecular weight excluding hydrogens is 838 g/mol. The van der Waals surface area contributed by atoms with Crippen molar-refractivity contribution in [2.45, 2.75) is 65.3 Å². The van der Waals surface area contributed by atoms with E-state index in [0.717, 1.165) is 10.6 Å². The summed E-state index contributed by atoms with van der Waals surface area (Å²) in [6.07, 6.45) is 6.45. The molecule has 0 aliphatic rings. The minimum Gasteiger partial charge on any atom is -0.378 e. The lowest BCUT2D eigenvalue weighted by Crippen LogP contribution is -2.39. The zero-order valence-corrected chi connectivity index (χ0v) is 39.5. The van der Waals surface area contributed by atoms with Crippen molar-refractivity contribution in [1.29, 1.82) is 0 Å². The number of hydrogen-bond donors (Lipinski definition) is 4. The highest BCUT2D eigenvalue weighted by Crippen LogP contribution is 2.15. The number of aliphatic imine (C=N–C) groups is 1. The van der Waals surface area contributed by atoms with Gasteiger partial charge in [0.1, 0.15) is 0 Å². The number of thioether (sulfide) groups is 3. The number of rotatable bonds is 7. The standard InChI is InChI=1S/C7H12N3O2PS.C5H8N3O2PS.C3H9N2PS.C2ClNO2.C2H7N2PS.3C2H6/c1-4-9-5(11)8-6(14-3)10(13-2)7(9)12;1-11-8-4(10)6-3(9)7-5(8)12-2;1-6-5-3(4)7-2;3-2(6)4-1-5;1-5-4-2(3)6;3*1-2/h13H,4H2,1-3H3;11H,1-2H3,(H,6,9,10);6H,1-2H3,(H2,4,5);;5H,1H3,(H3,3,4,6);3*1-2H3. The number of carbonyl (C=O) groups excluding carboxylic acids is 2. The van der Waals surface area contributed by atoms with Gasteiger partial charge in [0.2, 0.25) is 6.08 Å². The van der Waals surface area contributed by atoms with Crippen molar-refractivity contribution >= 4 is 116 Å². The summed E-state index contributed by atoms with van der Waals surface area (Å²) in [5.74, 6) is 0. The summed E-state index contributed by atoms with van der Waals surface area (Å²) in [5.41, 5.74) is 8.63. The summed E-state index contributed by atoms with van der Waals surface area (Å²) in [5, 5.41) is 3.73. The molecule has 0 radical (unpaired) electrons. The molecule has 0 bridgehead atoms. The molecule has 4 atom stereocenters. The Bertz CT molecular complexity index is 1520. The van der Waals surface area contributed by atoms with E-state index in [9.17, 15) is 24.0 Å². The van der Waals surface area contributed by atoms with Crippen molar-refractivity contribution in [2.24, 2.45) is 21.2 Å². The lowest BCUT2D eigenvalue weighted by molar-refractivity contribution is 0.266. The number of hydrogen-bond acceptors (Lipinski definition) is 13. The van der Waals surface area contributed by atoms with Crippen molar-refractivity contribution in [3.63, 3.8) is 0 Å². The van der Waals surface area contributed by atoms with Crippen LogP contribution in [0.3, 0.4) is 0 Å². The molecule has 0 saturated heterocycles. The van der Waals surface area contributed by atoms with Crippen molar-refractivity contribution in [2.75, 3.05) is 45.4 Å². The lowest BCUT2D eigenvalue weighted by atomic mass is 10.7. The number of amides is 1. The molecule has 0 fully saturated rings. The Morgan fingerprint density at radius 3 is 1.67 bits per heavy atom. The average molecular weight is 892 g/mol. The van der Waals surface area contributed by atoms with E-state index in [1.165, 1.54) is 44.0 Å². The maximum Gasteiger partial charge on any atom is 0.354 e. The number of nitrogens with zero attached hydrogens (tertiary/aromatic N) is 7. The van der Waals surface area contributed by atoms with Gasteiger partial charge in [0.05, 0.1) is 0 Å². The van der Waals surface area contributed by atoms with Gasteiger partial charge in [0, 0.05) is 15.3 Å². The SMILES string of the molecule is CC.CC.CC.CCn1c(=O)nc(SC)n(PC)c1=O.CPN=C(N)SC.CPNC(N)=S.CPn1c(SC)nc(=O)[nH]c1=O.O=C=NC(=O)Cl. The second-order valence-electron chi connectivity index (χ2n) is 6.43. The van der Waals surface area contributed by atoms with Gasteiger partial charge in [-0.2, -0.15) is 9.97 Å². The van der Waals surface area contributed by atoms with Gasteiger partial charge < -0.3 is 16.6 Å². The van der Waals surface area contributed by atoms with Gasteiger partial charge >= 0.3 is 28.1 Å². The van der Waals surface area contributed by atoms with Crippen LogP contribution in [0.4, 0.5) is 4.79 Å². The Hall–Kier alpha value is -1.51. The minimum atomic E-state index is -1.04. The topological polar surface area (TPSA) is 248 Å². The number of H-pyrrole nitrogens is 1. The van der Waals surface area contributed by atoms with Crippen LogP contribution in [-0.2, 0) is 11.3 Å². The van der Waals surface area contributed by atoms with E-state index in [2.05, 4.69) is 53.6 Å². The molecule has 2 rings (SSSR count). The molecule has 0 spiro atoms. The van der Waals surface area contributed by atoms with Crippen molar-refractivity contribution in [1.82, 2.24) is 33.3 Å². The zero-order chi connectivity index (χ0) is 41.5. The second kappa shape index (κ2) is 44.7. The Morgan fingerprint density at radius 2 is 1.41 bits per heavy atom. The van der Waals surface area contributed by atoms with Gasteiger partial charge in [0.25, 0.3) is 0 Å². The molecule has 0 saturated carbocycles. The molecular formula is C25H54ClN11O6P4S4. The molecule has 51 heavy (non-hydrogen) atoms. The molecule has 2 heterocycles. The Kier molecular flexibility index (Phi) is 53.9. The van der Waals surface area contributed by atoms with Crippen LogP contribution < -0.4 is 39.3 Å². The summed E-state index contributed by atoms with van der Waals surface area (Å²) >= 11 is 13.1. The van der Waals surface area contributed by atoms with Crippen LogP contribution in [-0.4, -0.2) is 95.3 Å². The predicted molar refractivity (Wildman–Crippen MR) is 237 cm³/mol. The van der Waals surface area contributed by atoms with Crippen molar-refractivity contribution in [3.8, 4) is 0 Å². The van der Waals surface area contributed by atoms with E-state index in [-0.39, 0.29) is 20.1 Å². The fourth-order valence-electron chi connectivity index (χ4n) is 2.12. The minimum absolute atomic E-state index is 0.266. The van der Waals surface area contributed by atoms with Crippen LogP contribution in [0.5, 0.6) is 0 Å². The number of aromatic nitrogens is 6. The molecule has 0 aromatic carbocycles. The number of nitrogens with one attached hydrogen (secondary N) is 2. The number of carbonyl (C=O) groups is 1. The summed E-state index contributed by atoms with van der Waals surface area (Å²) in [6.45, 7) is 21.8. The third-order valence-electron chi connectivity index (χ3n) is 3.78. The highest BCUT2D eigenvalue weighted by atomic mass is 35.5. The summed E-state index contributed by atoms with van der Waals surface area (Å²) < 4.78 is 8.02. The third-order valence-corrected chi connectivity index (χ3v) is 9.12. The maximum atomic E-state index is 11.7. The van der Waals surface area contributed by atoms with Crippen LogP contribution in [0.15, 0.2) is 39.2 Å². The van der Waals surface area contributed by atoms with Crippen LogP contribution in [0, 0.1) is 0 Å². The van der Waals surface area contributed by atoms with Crippen LogP contribution in [0.1, 0.15) is 48.5 Å². The number of thiocarbonyl (C=S) groups is 1. The third kappa shape index (κ3) is 34.0. The fourth-order valence-corrected chi connectivity index (χ4v) is 6.59. The van der Waals surface area contributed by atoms with Gasteiger partial charge in [-0.1, -0.05) is 76.8 Å². The quantitative estimate of drug-likeness (QED) is 0.0433. The van der Waals surface area contributed by atoms with E-state index >= 15 is 0 Å². The van der Waals surface area contributed by atoms with E-state index in [1.807, 2.05) is 74.5 Å². The molecule has 0 aliphatic carbocycles. The Morgan fingerprint density at radius 1 is 0.941 bits per heavy atom. The monoisotopic (exact) mass is 891 g/mol. The van der Waals surface area contributed by atoms with Gasteiger partial charge in [-0.15, -0.1) is 4.99 Å². The van der Waals surface area contributed by atoms with Crippen LogP contribution in [0.2, 0.25) is 0 Å². The Labute approximate surface area is 330 Å². The molecule has 2 aromatic rings. The average Bonchev–Trinajstić information content (AvgIpc) is 3.11. The normalized spacial score (nSPS) is 9.82. The van der Waals surface area contributed by atoms with Gasteiger partial charge in [0.15, 0.2) is 20.6 Å². The van der Waals surface area contributed by atoms with E-state index in [4.69, 9.17) is 16.3 Å². The maximum absolute atomic E-state index is 11.7. The van der Waals surface area contributed by atoms with E-state index in [1.54, 1.807) is 19.4 Å². The van der Waals surface area contributed by atoms with Gasteiger partial charge in [-0.25, -0.2) is 33.3 Å². The largest absolute Gasteiger partial charge is 0.378 e. The molecule has 4 unspecified atom stereocenters. The second-order valence-corrected chi connectivity index (χ2v) is 12.8. The molecule has 296 valence electrons. The first-order valence-electron chi connectivity index (χ1n) is 14.6. The highest BCUT2D eigenvalue weighted by molar-refractivity contribution is 8.13. The van der Waals surface area contributed by atoms with Crippen LogP contribution >= 0.6 is 94.0 Å². The predicted octanol–water partition coefficient (Wildman–Crippen LogP) is 4.63. The highest BCUT2D eigenvalue weighted by Gasteiger charge is 2.09. The first kappa shape index (κ1) is 61.5. The summed E-state index contributed by atoms with van der Waals surface area (Å²) in [6, 6.07) is 0. The zero-order valence-electron chi connectivity index (χ0n) is 31.5. The first-order chi connectivity index (χ1) is 24.2. The summed E-state index contributed by atoms with van der Waals surface area (Å²) in [7, 11) is 1.78. The molecule has 0 aliphatic heterocycles. The first-order valence-corrected chi connectivity index (χ1v) is 24.9. The number of aromatic amines is 1. The number of halogens is 1. The molecule has 6 N–H and O–H groups in total. The Balaban J connectivity index is -0.000000124. The van der Waals surface area contributed by atoms with Gasteiger partial charge in [-0.3, -0.25) is 18.5 Å². The summed E-state index contributed by atoms with van der Waals surface area (Å²) in [4.78, 5) is 75.3. The fraction of sp³-hybridized carbons (Fsp3) is 0.600. The molecule has 26 heteroatoms. The number of isocyanates is 1. The number of nitrogens with two attached hydrogens (primary N) is 2. The smallest absolute Gasteiger partial charge is 0.354 e. The molecule has 2 aromatic heterocycles.